The number of aromatic nitrogens is 2. The van der Waals surface area contributed by atoms with Crippen LogP contribution in [0.5, 0.6) is 5.75 Å². The Balaban J connectivity index is 1.37. The lowest BCUT2D eigenvalue weighted by molar-refractivity contribution is 0.184. The number of methoxy groups -OCH3 is 1. The van der Waals surface area contributed by atoms with Crippen LogP contribution in [0.2, 0.25) is 0 Å². The Morgan fingerprint density at radius 1 is 1.10 bits per heavy atom. The van der Waals surface area contributed by atoms with Crippen LogP contribution in [-0.4, -0.2) is 60.8 Å². The molecular formula is C21H30N4O4S. The van der Waals surface area contributed by atoms with Crippen LogP contribution >= 0.6 is 0 Å². The van der Waals surface area contributed by atoms with Crippen LogP contribution in [0, 0.1) is 0 Å². The molecule has 0 N–H and O–H groups in total. The van der Waals surface area contributed by atoms with Crippen LogP contribution in [0.3, 0.4) is 0 Å². The fourth-order valence-electron chi connectivity index (χ4n) is 4.46. The number of hydrogen-bond acceptors (Lipinski definition) is 7. The second kappa shape index (κ2) is 9.03. The summed E-state index contributed by atoms with van der Waals surface area (Å²) in [5, 5.41) is 8.52. The predicted molar refractivity (Wildman–Crippen MR) is 113 cm³/mol. The molecule has 0 radical (unpaired) electrons. The summed E-state index contributed by atoms with van der Waals surface area (Å²) in [4.78, 5) is 2.43. The molecule has 4 rings (SSSR count). The van der Waals surface area contributed by atoms with E-state index in [1.165, 1.54) is 16.1 Å². The van der Waals surface area contributed by atoms with Crippen molar-refractivity contribution < 1.29 is 17.6 Å². The van der Waals surface area contributed by atoms with Crippen molar-refractivity contribution in [1.29, 1.82) is 0 Å². The first kappa shape index (κ1) is 21.3. The predicted octanol–water partition coefficient (Wildman–Crippen LogP) is 2.94. The molecule has 8 nitrogen and oxygen atoms in total. The van der Waals surface area contributed by atoms with E-state index >= 15 is 0 Å². The highest BCUT2D eigenvalue weighted by molar-refractivity contribution is 7.88. The van der Waals surface area contributed by atoms with Crippen molar-refractivity contribution in [1.82, 2.24) is 19.4 Å². The topological polar surface area (TPSA) is 88.8 Å². The van der Waals surface area contributed by atoms with Crippen LogP contribution in [0.1, 0.15) is 61.4 Å². The van der Waals surface area contributed by atoms with Gasteiger partial charge in [0, 0.05) is 19.0 Å². The molecule has 9 heteroatoms. The summed E-state index contributed by atoms with van der Waals surface area (Å²) in [6.45, 7) is 3.32. The average Bonchev–Trinajstić information content (AvgIpc) is 3.24. The van der Waals surface area contributed by atoms with Crippen molar-refractivity contribution in [2.24, 2.45) is 0 Å². The van der Waals surface area contributed by atoms with Gasteiger partial charge >= 0.3 is 0 Å². The number of piperidine rings is 2. The number of benzene rings is 1. The summed E-state index contributed by atoms with van der Waals surface area (Å²) >= 11 is 0. The van der Waals surface area contributed by atoms with Crippen molar-refractivity contribution in [3.63, 3.8) is 0 Å². The third-order valence-corrected chi connectivity index (χ3v) is 7.39. The fourth-order valence-corrected chi connectivity index (χ4v) is 5.58. The Morgan fingerprint density at radius 2 is 1.87 bits per heavy atom. The van der Waals surface area contributed by atoms with Crippen molar-refractivity contribution in [3.8, 4) is 5.75 Å². The van der Waals surface area contributed by atoms with Gasteiger partial charge in [-0.1, -0.05) is 18.6 Å². The van der Waals surface area contributed by atoms with E-state index in [0.717, 1.165) is 57.5 Å². The maximum absolute atomic E-state index is 12.1. The van der Waals surface area contributed by atoms with Crippen molar-refractivity contribution >= 4 is 10.0 Å². The minimum Gasteiger partial charge on any atom is -0.497 e. The molecule has 2 saturated heterocycles. The standard InChI is InChI=1S/C21H30N4O4S/c1-28-18-7-5-6-16(14-18)15-24-12-9-17(10-13-24)20-22-23-21(29-20)19-8-3-4-11-25(19)30(2,26)27/h5-7,14,17,19H,3-4,8-13,15H2,1-2H3/t19-/m1/s1. The SMILES string of the molecule is COc1cccc(CN2CCC(c3nnc([C@H]4CCCCN4S(C)(=O)=O)o3)CC2)c1. The first-order valence-electron chi connectivity index (χ1n) is 10.6. The molecule has 1 atom stereocenters. The molecular weight excluding hydrogens is 404 g/mol. The van der Waals surface area contributed by atoms with Crippen molar-refractivity contribution in [2.75, 3.05) is 33.0 Å². The highest BCUT2D eigenvalue weighted by Gasteiger charge is 2.35. The zero-order valence-corrected chi connectivity index (χ0v) is 18.5. The molecule has 0 bridgehead atoms. The molecule has 1 aromatic heterocycles. The summed E-state index contributed by atoms with van der Waals surface area (Å²) in [5.74, 6) is 2.19. The maximum atomic E-state index is 12.1. The van der Waals surface area contributed by atoms with Crippen LogP contribution < -0.4 is 4.74 Å². The van der Waals surface area contributed by atoms with E-state index in [2.05, 4.69) is 27.2 Å². The number of ether oxygens (including phenoxy) is 1. The van der Waals surface area contributed by atoms with Gasteiger partial charge in [-0.2, -0.15) is 4.31 Å². The van der Waals surface area contributed by atoms with E-state index < -0.39 is 10.0 Å². The Hall–Kier alpha value is -1.97. The first-order chi connectivity index (χ1) is 14.4. The van der Waals surface area contributed by atoms with Gasteiger partial charge < -0.3 is 9.15 Å². The summed E-state index contributed by atoms with van der Waals surface area (Å²) < 4.78 is 37.1. The second-order valence-electron chi connectivity index (χ2n) is 8.27. The molecule has 0 amide bonds. The lowest BCUT2D eigenvalue weighted by atomic mass is 9.96. The number of sulfonamides is 1. The van der Waals surface area contributed by atoms with Gasteiger partial charge in [0.1, 0.15) is 11.8 Å². The van der Waals surface area contributed by atoms with Gasteiger partial charge in [0.05, 0.1) is 13.4 Å². The van der Waals surface area contributed by atoms with E-state index in [1.54, 1.807) is 7.11 Å². The Kier molecular flexibility index (Phi) is 6.40. The van der Waals surface area contributed by atoms with E-state index in [4.69, 9.17) is 9.15 Å². The maximum Gasteiger partial charge on any atom is 0.234 e. The molecule has 0 unspecified atom stereocenters. The quantitative estimate of drug-likeness (QED) is 0.690. The van der Waals surface area contributed by atoms with Gasteiger partial charge in [0.2, 0.25) is 21.8 Å². The van der Waals surface area contributed by atoms with Crippen molar-refractivity contribution in [3.05, 3.63) is 41.6 Å². The molecule has 3 heterocycles. The second-order valence-corrected chi connectivity index (χ2v) is 10.2. The van der Waals surface area contributed by atoms with Gasteiger partial charge in [-0.3, -0.25) is 4.90 Å². The Morgan fingerprint density at radius 3 is 2.60 bits per heavy atom. The van der Waals surface area contributed by atoms with E-state index in [1.807, 2.05) is 12.1 Å². The van der Waals surface area contributed by atoms with Gasteiger partial charge in [0.25, 0.3) is 0 Å². The Bertz CT molecular complexity index is 953. The van der Waals surface area contributed by atoms with E-state index in [0.29, 0.717) is 18.3 Å². The number of likely N-dealkylation sites (tertiary alicyclic amines) is 1. The van der Waals surface area contributed by atoms with E-state index in [9.17, 15) is 8.42 Å². The fraction of sp³-hybridized carbons (Fsp3) is 0.619. The van der Waals surface area contributed by atoms with Gasteiger partial charge in [-0.05, 0) is 56.5 Å². The smallest absolute Gasteiger partial charge is 0.234 e. The lowest BCUT2D eigenvalue weighted by Gasteiger charge is -2.31. The van der Waals surface area contributed by atoms with Gasteiger partial charge in [0.15, 0.2) is 0 Å². The molecule has 2 fully saturated rings. The zero-order valence-electron chi connectivity index (χ0n) is 17.7. The largest absolute Gasteiger partial charge is 0.497 e. The van der Waals surface area contributed by atoms with Crippen LogP contribution in [0.25, 0.3) is 0 Å². The monoisotopic (exact) mass is 434 g/mol. The Labute approximate surface area is 178 Å². The molecule has 0 aliphatic carbocycles. The normalized spacial score (nSPS) is 22.3. The summed E-state index contributed by atoms with van der Waals surface area (Å²) in [6.07, 6.45) is 5.72. The minimum absolute atomic E-state index is 0.225. The molecule has 2 aliphatic rings. The first-order valence-corrected chi connectivity index (χ1v) is 12.4. The number of hydrogen-bond donors (Lipinski definition) is 0. The highest BCUT2D eigenvalue weighted by atomic mass is 32.2. The summed E-state index contributed by atoms with van der Waals surface area (Å²) in [6, 6.07) is 7.85. The molecule has 30 heavy (non-hydrogen) atoms. The van der Waals surface area contributed by atoms with E-state index in [-0.39, 0.29) is 12.0 Å². The minimum atomic E-state index is -3.29. The zero-order chi connectivity index (χ0) is 21.1. The van der Waals surface area contributed by atoms with Crippen LogP contribution in [0.15, 0.2) is 28.7 Å². The molecule has 0 saturated carbocycles. The molecule has 0 spiro atoms. The lowest BCUT2D eigenvalue weighted by Crippen LogP contribution is -2.37. The molecule has 2 aliphatic heterocycles. The molecule has 164 valence electrons. The van der Waals surface area contributed by atoms with Crippen LogP contribution in [0.4, 0.5) is 0 Å². The summed E-state index contributed by atoms with van der Waals surface area (Å²) in [7, 11) is -1.60. The summed E-state index contributed by atoms with van der Waals surface area (Å²) in [5.41, 5.74) is 1.24. The van der Waals surface area contributed by atoms with Gasteiger partial charge in [-0.25, -0.2) is 8.42 Å². The third kappa shape index (κ3) is 4.84. The number of nitrogens with zero attached hydrogens (tertiary/aromatic N) is 4. The third-order valence-electron chi connectivity index (χ3n) is 6.10. The number of rotatable bonds is 6. The molecule has 1 aromatic carbocycles. The average molecular weight is 435 g/mol. The van der Waals surface area contributed by atoms with Crippen LogP contribution in [-0.2, 0) is 16.6 Å². The van der Waals surface area contributed by atoms with Gasteiger partial charge in [-0.15, -0.1) is 10.2 Å². The highest BCUT2D eigenvalue weighted by Crippen LogP contribution is 2.34. The van der Waals surface area contributed by atoms with Crippen molar-refractivity contribution in [2.45, 2.75) is 50.6 Å². The molecule has 2 aromatic rings.